The number of aliphatic hydroxyl groups is 1. The summed E-state index contributed by atoms with van der Waals surface area (Å²) >= 11 is 0. The number of aromatic amines is 1. The van der Waals surface area contributed by atoms with Gasteiger partial charge >= 0.3 is 0 Å². The fourth-order valence-electron chi connectivity index (χ4n) is 4.33. The van der Waals surface area contributed by atoms with Gasteiger partial charge in [0.05, 0.1) is 11.1 Å². The summed E-state index contributed by atoms with van der Waals surface area (Å²) in [7, 11) is 0. The maximum atomic E-state index is 12.8. The Bertz CT molecular complexity index is 1120. The number of benzene rings is 2. The minimum absolute atomic E-state index is 0.0544. The molecule has 2 aromatic carbocycles. The van der Waals surface area contributed by atoms with Crippen molar-refractivity contribution >= 4 is 16.8 Å². The maximum absolute atomic E-state index is 12.8. The summed E-state index contributed by atoms with van der Waals surface area (Å²) in [5, 5.41) is 14.2. The summed E-state index contributed by atoms with van der Waals surface area (Å²) in [6, 6.07) is 11.1. The molecule has 1 aliphatic carbocycles. The van der Waals surface area contributed by atoms with Gasteiger partial charge in [0.1, 0.15) is 18.5 Å². The van der Waals surface area contributed by atoms with Crippen LogP contribution >= 0.6 is 0 Å². The van der Waals surface area contributed by atoms with Gasteiger partial charge in [-0.15, -0.1) is 0 Å². The quantitative estimate of drug-likeness (QED) is 0.567. The summed E-state index contributed by atoms with van der Waals surface area (Å²) < 4.78 is 16.2. The third kappa shape index (κ3) is 3.93. The Morgan fingerprint density at radius 2 is 2.16 bits per heavy atom. The second-order valence-corrected chi connectivity index (χ2v) is 8.35. The first-order valence-corrected chi connectivity index (χ1v) is 10.7. The van der Waals surface area contributed by atoms with Gasteiger partial charge in [-0.1, -0.05) is 19.1 Å². The van der Waals surface area contributed by atoms with Crippen molar-refractivity contribution in [3.8, 4) is 17.2 Å². The second-order valence-electron chi connectivity index (χ2n) is 8.35. The number of ether oxygens (including phenoxy) is 3. The molecule has 5 rings (SSSR count). The minimum atomic E-state index is -0.841. The van der Waals surface area contributed by atoms with Gasteiger partial charge in [0.15, 0.2) is 11.5 Å². The number of carbonyl (C=O) groups excluding carboxylic acids is 1. The van der Waals surface area contributed by atoms with Crippen molar-refractivity contribution in [1.29, 1.82) is 0 Å². The first-order chi connectivity index (χ1) is 15.1. The maximum Gasteiger partial charge on any atom is 0.253 e. The van der Waals surface area contributed by atoms with Crippen LogP contribution in [0.25, 0.3) is 10.9 Å². The van der Waals surface area contributed by atoms with E-state index >= 15 is 0 Å². The SMILES string of the molecule is CC1CCc2[nH]c3c(C(=O)NCC(O)COc4ccc5c(c4)OCO5)cccc3c2C1. The monoisotopic (exact) mass is 422 g/mol. The van der Waals surface area contributed by atoms with Crippen LogP contribution in [0.3, 0.4) is 0 Å². The molecule has 31 heavy (non-hydrogen) atoms. The Labute approximate surface area is 180 Å². The van der Waals surface area contributed by atoms with Crippen molar-refractivity contribution in [2.24, 2.45) is 5.92 Å². The Hall–Kier alpha value is -3.19. The van der Waals surface area contributed by atoms with E-state index in [-0.39, 0.29) is 25.9 Å². The van der Waals surface area contributed by atoms with Crippen molar-refractivity contribution in [2.75, 3.05) is 19.9 Å². The standard InChI is InChI=1S/C24H26N2O5/c1-14-5-7-20-19(9-14)17-3-2-4-18(23(17)26-20)24(28)25-11-15(27)12-29-16-6-8-21-22(10-16)31-13-30-21/h2-4,6,8,10,14-15,26-27H,5,7,9,11-13H2,1H3,(H,25,28). The summed E-state index contributed by atoms with van der Waals surface area (Å²) in [5.41, 5.74) is 4.06. The van der Waals surface area contributed by atoms with Gasteiger partial charge in [-0.3, -0.25) is 4.79 Å². The molecule has 162 valence electrons. The lowest BCUT2D eigenvalue weighted by Gasteiger charge is -2.17. The number of fused-ring (bicyclic) bond motifs is 4. The van der Waals surface area contributed by atoms with E-state index in [1.165, 1.54) is 11.3 Å². The van der Waals surface area contributed by atoms with E-state index in [4.69, 9.17) is 14.2 Å². The van der Waals surface area contributed by atoms with Crippen molar-refractivity contribution < 1.29 is 24.1 Å². The molecule has 0 fully saturated rings. The molecule has 7 heteroatoms. The highest BCUT2D eigenvalue weighted by molar-refractivity contribution is 6.06. The van der Waals surface area contributed by atoms with Gasteiger partial charge in [-0.05, 0) is 48.9 Å². The highest BCUT2D eigenvalue weighted by Crippen LogP contribution is 2.35. The zero-order valence-electron chi connectivity index (χ0n) is 17.4. The predicted octanol–water partition coefficient (Wildman–Crippen LogP) is 3.19. The van der Waals surface area contributed by atoms with E-state index in [2.05, 4.69) is 23.3 Å². The van der Waals surface area contributed by atoms with Crippen LogP contribution in [-0.4, -0.2) is 42.0 Å². The number of nitrogens with one attached hydrogen (secondary N) is 2. The lowest BCUT2D eigenvalue weighted by molar-refractivity contribution is 0.0844. The van der Waals surface area contributed by atoms with E-state index in [0.717, 1.165) is 30.2 Å². The number of para-hydroxylation sites is 1. The van der Waals surface area contributed by atoms with Crippen LogP contribution in [0.15, 0.2) is 36.4 Å². The molecule has 0 spiro atoms. The van der Waals surface area contributed by atoms with Crippen LogP contribution in [0.1, 0.15) is 35.0 Å². The third-order valence-corrected chi connectivity index (χ3v) is 6.00. The molecule has 2 atom stereocenters. The molecule has 0 saturated heterocycles. The normalized spacial score (nSPS) is 17.9. The minimum Gasteiger partial charge on any atom is -0.491 e. The highest BCUT2D eigenvalue weighted by Gasteiger charge is 2.22. The number of amides is 1. The number of aliphatic hydroxyl groups excluding tert-OH is 1. The van der Waals surface area contributed by atoms with Crippen LogP contribution in [0, 0.1) is 5.92 Å². The van der Waals surface area contributed by atoms with E-state index in [0.29, 0.717) is 28.7 Å². The predicted molar refractivity (Wildman–Crippen MR) is 116 cm³/mol. The molecule has 2 aliphatic rings. The molecule has 3 N–H and O–H groups in total. The molecule has 7 nitrogen and oxygen atoms in total. The first kappa shape index (κ1) is 19.8. The summed E-state index contributed by atoms with van der Waals surface area (Å²) in [4.78, 5) is 16.3. The average molecular weight is 422 g/mol. The Morgan fingerprint density at radius 3 is 3.06 bits per heavy atom. The molecular formula is C24H26N2O5. The van der Waals surface area contributed by atoms with Crippen LogP contribution < -0.4 is 19.5 Å². The summed E-state index contributed by atoms with van der Waals surface area (Å²) in [6.45, 7) is 2.62. The fourth-order valence-corrected chi connectivity index (χ4v) is 4.33. The van der Waals surface area contributed by atoms with Crippen molar-refractivity contribution in [3.63, 3.8) is 0 Å². The average Bonchev–Trinajstić information content (AvgIpc) is 3.39. The van der Waals surface area contributed by atoms with Gasteiger partial charge in [-0.2, -0.15) is 0 Å². The summed E-state index contributed by atoms with van der Waals surface area (Å²) in [6.07, 6.45) is 2.38. The molecule has 2 unspecified atom stereocenters. The van der Waals surface area contributed by atoms with Crippen molar-refractivity contribution in [1.82, 2.24) is 10.3 Å². The lowest BCUT2D eigenvalue weighted by atomic mass is 9.87. The van der Waals surface area contributed by atoms with Gasteiger partial charge in [0, 0.05) is 23.7 Å². The number of rotatable bonds is 6. The summed E-state index contributed by atoms with van der Waals surface area (Å²) in [5.74, 6) is 2.32. The zero-order chi connectivity index (χ0) is 21.4. The van der Waals surface area contributed by atoms with Crippen LogP contribution in [0.5, 0.6) is 17.2 Å². The molecule has 1 aromatic heterocycles. The third-order valence-electron chi connectivity index (χ3n) is 6.00. The molecule has 0 radical (unpaired) electrons. The molecule has 3 aromatic rings. The number of aromatic nitrogens is 1. The molecule has 1 aliphatic heterocycles. The number of aryl methyl sites for hydroxylation is 1. The first-order valence-electron chi connectivity index (χ1n) is 10.7. The van der Waals surface area contributed by atoms with Crippen molar-refractivity contribution in [3.05, 3.63) is 53.2 Å². The van der Waals surface area contributed by atoms with Crippen LogP contribution in [-0.2, 0) is 12.8 Å². The lowest BCUT2D eigenvalue weighted by Crippen LogP contribution is -2.35. The van der Waals surface area contributed by atoms with Crippen LogP contribution in [0.2, 0.25) is 0 Å². The van der Waals surface area contributed by atoms with Gasteiger partial charge < -0.3 is 29.6 Å². The van der Waals surface area contributed by atoms with E-state index < -0.39 is 6.10 Å². The highest BCUT2D eigenvalue weighted by atomic mass is 16.7. The number of carbonyl (C=O) groups is 1. The van der Waals surface area contributed by atoms with Gasteiger partial charge in [0.25, 0.3) is 5.91 Å². The largest absolute Gasteiger partial charge is 0.491 e. The van der Waals surface area contributed by atoms with Gasteiger partial charge in [-0.25, -0.2) is 0 Å². The number of hydrogen-bond donors (Lipinski definition) is 3. The molecular weight excluding hydrogens is 396 g/mol. The van der Waals surface area contributed by atoms with Crippen LogP contribution in [0.4, 0.5) is 0 Å². The molecule has 1 amide bonds. The van der Waals surface area contributed by atoms with Gasteiger partial charge in [0.2, 0.25) is 6.79 Å². The van der Waals surface area contributed by atoms with E-state index in [9.17, 15) is 9.90 Å². The fraction of sp³-hybridized carbons (Fsp3) is 0.375. The number of hydrogen-bond acceptors (Lipinski definition) is 5. The molecule has 0 saturated carbocycles. The molecule has 2 heterocycles. The number of H-pyrrole nitrogens is 1. The Balaban J connectivity index is 1.21. The Morgan fingerprint density at radius 1 is 1.29 bits per heavy atom. The zero-order valence-corrected chi connectivity index (χ0v) is 17.4. The second kappa shape index (κ2) is 8.15. The van der Waals surface area contributed by atoms with Crippen molar-refractivity contribution in [2.45, 2.75) is 32.3 Å². The topological polar surface area (TPSA) is 92.8 Å². The van der Waals surface area contributed by atoms with E-state index in [1.807, 2.05) is 12.1 Å². The van der Waals surface area contributed by atoms with E-state index in [1.54, 1.807) is 18.2 Å². The molecule has 0 bridgehead atoms. The smallest absolute Gasteiger partial charge is 0.253 e. The Kier molecular flexibility index (Phi) is 5.19.